The average Bonchev–Trinajstić information content (AvgIpc) is 2.43. The molecule has 0 spiro atoms. The number of fused-ring (bicyclic) bond motifs is 1. The number of anilines is 2. The van der Waals surface area contributed by atoms with E-state index in [1.54, 1.807) is 18.2 Å². The Kier molecular flexibility index (Phi) is 3.62. The summed E-state index contributed by atoms with van der Waals surface area (Å²) in [5, 5.41) is 9.26. The van der Waals surface area contributed by atoms with Gasteiger partial charge in [-0.2, -0.15) is 4.98 Å². The van der Waals surface area contributed by atoms with E-state index in [9.17, 15) is 4.79 Å². The zero-order chi connectivity index (χ0) is 13.8. The summed E-state index contributed by atoms with van der Waals surface area (Å²) in [5.41, 5.74) is 11.0. The number of ether oxygens (including phenoxy) is 1. The molecule has 0 fully saturated rings. The molecule has 1 amide bonds. The van der Waals surface area contributed by atoms with Gasteiger partial charge in [-0.05, 0) is 12.1 Å². The van der Waals surface area contributed by atoms with Crippen molar-refractivity contribution in [2.24, 2.45) is 0 Å². The van der Waals surface area contributed by atoms with Crippen LogP contribution in [-0.4, -0.2) is 34.7 Å². The second-order valence-electron chi connectivity index (χ2n) is 3.62. The van der Waals surface area contributed by atoms with E-state index in [4.69, 9.17) is 15.6 Å². The number of nitrogens with zero attached hydrogens (tertiary/aromatic N) is 2. The minimum atomic E-state index is -0.630. The van der Waals surface area contributed by atoms with Gasteiger partial charge in [-0.3, -0.25) is 15.6 Å². The number of rotatable bonds is 4. The minimum Gasteiger partial charge on any atom is -0.494 e. The number of nitrogen functional groups attached to an aromatic ring is 1. The van der Waals surface area contributed by atoms with Crippen LogP contribution in [0.3, 0.4) is 0 Å². The van der Waals surface area contributed by atoms with E-state index in [1.807, 2.05) is 0 Å². The SMILES string of the molecule is COc1cccc2c(NNC(=O)CO)nc(N)nc12. The molecule has 2 aromatic rings. The van der Waals surface area contributed by atoms with E-state index in [0.29, 0.717) is 22.5 Å². The molecule has 19 heavy (non-hydrogen) atoms. The molecule has 1 heterocycles. The van der Waals surface area contributed by atoms with Gasteiger partial charge in [0.2, 0.25) is 5.95 Å². The Balaban J connectivity index is 2.45. The Bertz CT molecular complexity index is 617. The van der Waals surface area contributed by atoms with Crippen molar-refractivity contribution in [1.82, 2.24) is 15.4 Å². The molecule has 0 saturated carbocycles. The Morgan fingerprint density at radius 3 is 2.95 bits per heavy atom. The summed E-state index contributed by atoms with van der Waals surface area (Å²) in [5.74, 6) is 0.317. The molecule has 0 aliphatic carbocycles. The van der Waals surface area contributed by atoms with E-state index < -0.39 is 12.5 Å². The maximum absolute atomic E-state index is 11.0. The van der Waals surface area contributed by atoms with E-state index in [0.717, 1.165) is 0 Å². The van der Waals surface area contributed by atoms with Crippen LogP contribution in [0.15, 0.2) is 18.2 Å². The van der Waals surface area contributed by atoms with Gasteiger partial charge < -0.3 is 15.6 Å². The molecule has 8 nitrogen and oxygen atoms in total. The molecule has 0 radical (unpaired) electrons. The zero-order valence-electron chi connectivity index (χ0n) is 10.2. The van der Waals surface area contributed by atoms with E-state index in [1.165, 1.54) is 7.11 Å². The Morgan fingerprint density at radius 1 is 1.47 bits per heavy atom. The average molecular weight is 263 g/mol. The van der Waals surface area contributed by atoms with E-state index in [-0.39, 0.29) is 5.95 Å². The number of carbonyl (C=O) groups excluding carboxylic acids is 1. The third-order valence-corrected chi connectivity index (χ3v) is 2.39. The molecule has 5 N–H and O–H groups in total. The van der Waals surface area contributed by atoms with Crippen LogP contribution in [0.2, 0.25) is 0 Å². The molecule has 0 saturated heterocycles. The summed E-state index contributed by atoms with van der Waals surface area (Å²) >= 11 is 0. The monoisotopic (exact) mass is 263 g/mol. The first-order chi connectivity index (χ1) is 9.15. The van der Waals surface area contributed by atoms with Crippen molar-refractivity contribution >= 4 is 28.6 Å². The van der Waals surface area contributed by atoms with Gasteiger partial charge in [0, 0.05) is 5.39 Å². The van der Waals surface area contributed by atoms with Gasteiger partial charge in [-0.25, -0.2) is 4.98 Å². The minimum absolute atomic E-state index is 0.0396. The van der Waals surface area contributed by atoms with Crippen LogP contribution in [0, 0.1) is 0 Å². The van der Waals surface area contributed by atoms with Gasteiger partial charge in [0.25, 0.3) is 5.91 Å². The van der Waals surface area contributed by atoms with Crippen molar-refractivity contribution in [2.45, 2.75) is 0 Å². The Labute approximate surface area is 108 Å². The van der Waals surface area contributed by atoms with Crippen molar-refractivity contribution in [1.29, 1.82) is 0 Å². The standard InChI is InChI=1S/C11H13N5O3/c1-19-7-4-2-3-6-9(7)13-11(12)14-10(6)16-15-8(18)5-17/h2-4,17H,5H2,1H3,(H,15,18)(H3,12,13,14,16). The predicted octanol–water partition coefficient (Wildman–Crippen LogP) is -0.344. The summed E-state index contributed by atoms with van der Waals surface area (Å²) in [6, 6.07) is 5.26. The smallest absolute Gasteiger partial charge is 0.264 e. The van der Waals surface area contributed by atoms with Crippen molar-refractivity contribution in [3.05, 3.63) is 18.2 Å². The normalized spacial score (nSPS) is 10.2. The lowest BCUT2D eigenvalue weighted by atomic mass is 10.2. The number of hydrazine groups is 1. The van der Waals surface area contributed by atoms with Crippen LogP contribution < -0.4 is 21.3 Å². The van der Waals surface area contributed by atoms with Crippen LogP contribution in [0.25, 0.3) is 10.9 Å². The van der Waals surface area contributed by atoms with Crippen LogP contribution in [-0.2, 0) is 4.79 Å². The summed E-state index contributed by atoms with van der Waals surface area (Å²) in [6.07, 6.45) is 0. The number of aliphatic hydroxyl groups excluding tert-OH is 1. The van der Waals surface area contributed by atoms with Gasteiger partial charge in [-0.15, -0.1) is 0 Å². The summed E-state index contributed by atoms with van der Waals surface area (Å²) < 4.78 is 5.18. The largest absolute Gasteiger partial charge is 0.494 e. The number of amides is 1. The molecule has 0 aliphatic heterocycles. The van der Waals surface area contributed by atoms with E-state index in [2.05, 4.69) is 20.8 Å². The van der Waals surface area contributed by atoms with Gasteiger partial charge in [0.05, 0.1) is 7.11 Å². The molecular formula is C11H13N5O3. The fourth-order valence-electron chi connectivity index (χ4n) is 1.57. The number of carbonyl (C=O) groups is 1. The highest BCUT2D eigenvalue weighted by atomic mass is 16.5. The first kappa shape index (κ1) is 12.8. The number of aliphatic hydroxyl groups is 1. The number of hydrogen-bond acceptors (Lipinski definition) is 7. The first-order valence-electron chi connectivity index (χ1n) is 5.41. The van der Waals surface area contributed by atoms with Crippen molar-refractivity contribution in [3.8, 4) is 5.75 Å². The summed E-state index contributed by atoms with van der Waals surface area (Å²) in [4.78, 5) is 19.1. The van der Waals surface area contributed by atoms with Gasteiger partial charge >= 0.3 is 0 Å². The highest BCUT2D eigenvalue weighted by Crippen LogP contribution is 2.28. The molecule has 0 bridgehead atoms. The molecular weight excluding hydrogens is 250 g/mol. The second kappa shape index (κ2) is 5.36. The maximum Gasteiger partial charge on any atom is 0.264 e. The van der Waals surface area contributed by atoms with Gasteiger partial charge in [0.1, 0.15) is 17.9 Å². The lowest BCUT2D eigenvalue weighted by Gasteiger charge is -2.11. The second-order valence-corrected chi connectivity index (χ2v) is 3.62. The first-order valence-corrected chi connectivity index (χ1v) is 5.41. The third kappa shape index (κ3) is 2.63. The number of benzene rings is 1. The van der Waals surface area contributed by atoms with Crippen molar-refractivity contribution in [3.63, 3.8) is 0 Å². The predicted molar refractivity (Wildman–Crippen MR) is 69.4 cm³/mol. The lowest BCUT2D eigenvalue weighted by Crippen LogP contribution is -2.32. The topological polar surface area (TPSA) is 122 Å². The number of nitrogens with one attached hydrogen (secondary N) is 2. The molecule has 0 atom stereocenters. The molecule has 0 unspecified atom stereocenters. The van der Waals surface area contributed by atoms with Crippen LogP contribution in [0.4, 0.5) is 11.8 Å². The van der Waals surface area contributed by atoms with Gasteiger partial charge in [0.15, 0.2) is 5.82 Å². The highest BCUT2D eigenvalue weighted by molar-refractivity contribution is 5.94. The quantitative estimate of drug-likeness (QED) is 0.556. The number of para-hydroxylation sites is 1. The maximum atomic E-state index is 11.0. The molecule has 1 aromatic heterocycles. The molecule has 2 rings (SSSR count). The Hall–Kier alpha value is -2.61. The van der Waals surface area contributed by atoms with E-state index >= 15 is 0 Å². The van der Waals surface area contributed by atoms with Crippen LogP contribution in [0.5, 0.6) is 5.75 Å². The van der Waals surface area contributed by atoms with Crippen molar-refractivity contribution in [2.75, 3.05) is 24.9 Å². The van der Waals surface area contributed by atoms with Crippen LogP contribution in [0.1, 0.15) is 0 Å². The number of aromatic nitrogens is 2. The van der Waals surface area contributed by atoms with Crippen LogP contribution >= 0.6 is 0 Å². The fraction of sp³-hybridized carbons (Fsp3) is 0.182. The number of nitrogens with two attached hydrogens (primary N) is 1. The molecule has 100 valence electrons. The lowest BCUT2D eigenvalue weighted by molar-refractivity contribution is -0.123. The molecule has 8 heteroatoms. The molecule has 1 aromatic carbocycles. The number of methoxy groups -OCH3 is 1. The number of hydrogen-bond donors (Lipinski definition) is 4. The third-order valence-electron chi connectivity index (χ3n) is 2.39. The molecule has 0 aliphatic rings. The zero-order valence-corrected chi connectivity index (χ0v) is 10.2. The highest BCUT2D eigenvalue weighted by Gasteiger charge is 2.10. The summed E-state index contributed by atoms with van der Waals surface area (Å²) in [7, 11) is 1.52. The summed E-state index contributed by atoms with van der Waals surface area (Å²) in [6.45, 7) is -0.630. The van der Waals surface area contributed by atoms with Gasteiger partial charge in [-0.1, -0.05) is 6.07 Å². The van der Waals surface area contributed by atoms with Crippen molar-refractivity contribution < 1.29 is 14.6 Å². The fourth-order valence-corrected chi connectivity index (χ4v) is 1.57. The Morgan fingerprint density at radius 2 is 2.26 bits per heavy atom.